The maximum Gasteiger partial charge on any atom is -0.00246 e. The second-order valence-corrected chi connectivity index (χ2v) is 1.74. The fourth-order valence-electron chi connectivity index (χ4n) is 0.478. The monoisotopic (exact) mass is 148 g/mol. The third-order valence-corrected chi connectivity index (χ3v) is 0.914. The van der Waals surface area contributed by atoms with E-state index in [4.69, 9.17) is 0 Å². The van der Waals surface area contributed by atoms with Crippen LogP contribution in [0.25, 0.3) is 0 Å². The van der Waals surface area contributed by atoms with E-state index in [1.807, 2.05) is 0 Å². The molecule has 52 valence electrons. The van der Waals surface area contributed by atoms with Crippen LogP contribution in [0.2, 0.25) is 0 Å². The highest BCUT2D eigenvalue weighted by Gasteiger charge is 1.61. The Morgan fingerprint density at radius 1 is 0.417 bits per heavy atom. The van der Waals surface area contributed by atoms with Gasteiger partial charge < -0.3 is 0 Å². The number of hydrogen-bond donors (Lipinski definition) is 0. The summed E-state index contributed by atoms with van der Waals surface area (Å²) in [6, 6.07) is 0. The summed E-state index contributed by atoms with van der Waals surface area (Å²) in [4.78, 5) is 0. The van der Waals surface area contributed by atoms with E-state index in [1.165, 1.54) is 0 Å². The minimum absolute atomic E-state index is 1.65. The molecule has 12 heavy (non-hydrogen) atoms. The first-order valence-electron chi connectivity index (χ1n) is 3.32. The molecular formula is C12H4. The zero-order valence-corrected chi connectivity index (χ0v) is 6.31. The molecule has 1 aliphatic carbocycles. The Morgan fingerprint density at radius 3 is 0.917 bits per heavy atom. The van der Waals surface area contributed by atoms with Crippen LogP contribution < -0.4 is 0 Å². The summed E-state index contributed by atoms with van der Waals surface area (Å²) in [6.45, 7) is 0. The molecular weight excluding hydrogens is 144 g/mol. The Hall–Kier alpha value is -2.28. The van der Waals surface area contributed by atoms with Crippen LogP contribution in [0.5, 0.6) is 0 Å². The summed E-state index contributed by atoms with van der Waals surface area (Å²) < 4.78 is 0. The van der Waals surface area contributed by atoms with Crippen molar-refractivity contribution in [2.45, 2.75) is 0 Å². The number of rotatable bonds is 0. The van der Waals surface area contributed by atoms with Gasteiger partial charge in [0.05, 0.1) is 0 Å². The van der Waals surface area contributed by atoms with Crippen molar-refractivity contribution in [3.63, 3.8) is 0 Å². The lowest BCUT2D eigenvalue weighted by atomic mass is 10.4. The highest BCUT2D eigenvalue weighted by Crippen LogP contribution is 1.70. The highest BCUT2D eigenvalue weighted by molar-refractivity contribution is 5.40. The van der Waals surface area contributed by atoms with Gasteiger partial charge in [0, 0.05) is 0 Å². The minimum atomic E-state index is 1.65. The van der Waals surface area contributed by atoms with E-state index in [1.54, 1.807) is 24.3 Å². The van der Waals surface area contributed by atoms with Crippen LogP contribution in [0.1, 0.15) is 0 Å². The van der Waals surface area contributed by atoms with Crippen molar-refractivity contribution in [2.24, 2.45) is 0 Å². The van der Waals surface area contributed by atoms with Crippen molar-refractivity contribution in [1.82, 2.24) is 0 Å². The predicted molar refractivity (Wildman–Crippen MR) is 49.4 cm³/mol. The molecule has 0 nitrogen and oxygen atoms in total. The summed E-state index contributed by atoms with van der Waals surface area (Å²) in [6.07, 6.45) is 6.59. The molecule has 0 bridgehead atoms. The summed E-state index contributed by atoms with van der Waals surface area (Å²) in [7, 11) is 0. The van der Waals surface area contributed by atoms with Crippen molar-refractivity contribution < 1.29 is 0 Å². The smallest absolute Gasteiger partial charge is 0.00246 e. The Morgan fingerprint density at radius 2 is 0.667 bits per heavy atom. The fourth-order valence-corrected chi connectivity index (χ4v) is 0.478. The zero-order valence-electron chi connectivity index (χ0n) is 6.31. The average Bonchev–Trinajstić information content (AvgIpc) is 2.05. The molecule has 0 N–H and O–H groups in total. The third kappa shape index (κ3) is 3.69. The van der Waals surface area contributed by atoms with Gasteiger partial charge in [-0.1, -0.05) is 23.7 Å². The van der Waals surface area contributed by atoms with Gasteiger partial charge in [-0.3, -0.25) is 0 Å². The van der Waals surface area contributed by atoms with Crippen LogP contribution in [-0.4, -0.2) is 0 Å². The lowest BCUT2D eigenvalue weighted by Crippen LogP contribution is -1.57. The summed E-state index contributed by atoms with van der Waals surface area (Å²) in [5.41, 5.74) is 0. The van der Waals surface area contributed by atoms with E-state index < -0.39 is 0 Å². The van der Waals surface area contributed by atoms with Gasteiger partial charge in [0.25, 0.3) is 0 Å². The summed E-state index contributed by atoms with van der Waals surface area (Å²) in [5.74, 6) is 21.4. The standard InChI is InChI=1S/C12H4/c1-2-4-6-8-10-12-11-9-7-5-3-1/h1-2,11-12H/b2-1-,12-11-. The first-order valence-corrected chi connectivity index (χ1v) is 3.32. The third-order valence-electron chi connectivity index (χ3n) is 0.914. The molecule has 0 unspecified atom stereocenters. The van der Waals surface area contributed by atoms with Gasteiger partial charge in [-0.05, 0) is 48.0 Å². The Kier molecular flexibility index (Phi) is 3.59. The molecule has 0 saturated heterocycles. The average molecular weight is 148 g/mol. The van der Waals surface area contributed by atoms with Crippen LogP contribution >= 0.6 is 0 Å². The van der Waals surface area contributed by atoms with Gasteiger partial charge in [-0.15, -0.1) is 0 Å². The van der Waals surface area contributed by atoms with Gasteiger partial charge in [0.2, 0.25) is 0 Å². The van der Waals surface area contributed by atoms with Crippen LogP contribution in [0.15, 0.2) is 24.3 Å². The lowest BCUT2D eigenvalue weighted by Gasteiger charge is -1.65. The first kappa shape index (κ1) is 7.82. The quantitative estimate of drug-likeness (QED) is 0.452. The molecule has 0 heterocycles. The van der Waals surface area contributed by atoms with Crippen molar-refractivity contribution in [3.05, 3.63) is 24.3 Å². The van der Waals surface area contributed by atoms with E-state index in [0.717, 1.165) is 0 Å². The molecule has 0 saturated carbocycles. The van der Waals surface area contributed by atoms with Crippen LogP contribution in [0, 0.1) is 47.4 Å². The normalized spacial score (nSPS) is 16.0. The van der Waals surface area contributed by atoms with E-state index >= 15 is 0 Å². The molecule has 0 aliphatic heterocycles. The Labute approximate surface area is 72.4 Å². The highest BCUT2D eigenvalue weighted by atomic mass is 13.6. The topological polar surface area (TPSA) is 0 Å². The summed E-state index contributed by atoms with van der Waals surface area (Å²) >= 11 is 0. The van der Waals surface area contributed by atoms with Crippen LogP contribution in [0.3, 0.4) is 0 Å². The molecule has 0 amide bonds. The maximum atomic E-state index is 2.71. The maximum absolute atomic E-state index is 2.71. The Balaban J connectivity index is 2.88. The zero-order chi connectivity index (χ0) is 8.49. The van der Waals surface area contributed by atoms with Gasteiger partial charge in [-0.2, -0.15) is 0 Å². The van der Waals surface area contributed by atoms with Gasteiger partial charge >= 0.3 is 0 Å². The molecule has 0 atom stereocenters. The van der Waals surface area contributed by atoms with Crippen molar-refractivity contribution >= 4 is 0 Å². The largest absolute Gasteiger partial charge is 0.0601 e. The molecule has 0 heteroatoms. The fraction of sp³-hybridized carbons (Fsp3) is 0. The van der Waals surface area contributed by atoms with Crippen molar-refractivity contribution in [1.29, 1.82) is 0 Å². The molecule has 0 radical (unpaired) electrons. The molecule has 0 aromatic carbocycles. The second-order valence-electron chi connectivity index (χ2n) is 1.74. The van der Waals surface area contributed by atoms with Crippen molar-refractivity contribution in [2.75, 3.05) is 0 Å². The van der Waals surface area contributed by atoms with Crippen LogP contribution in [0.4, 0.5) is 0 Å². The molecule has 1 rings (SSSR count). The molecule has 1 aliphatic rings. The van der Waals surface area contributed by atoms with Gasteiger partial charge in [-0.25, -0.2) is 0 Å². The van der Waals surface area contributed by atoms with E-state index in [9.17, 15) is 0 Å². The molecule has 0 fully saturated rings. The number of hydrogen-bond acceptors (Lipinski definition) is 0. The summed E-state index contributed by atoms with van der Waals surface area (Å²) in [5, 5.41) is 0. The predicted octanol–water partition coefficient (Wildman–Crippen LogP) is 1.13. The molecule has 0 aromatic heterocycles. The second kappa shape index (κ2) is 5.50. The number of allylic oxidation sites excluding steroid dienone is 4. The van der Waals surface area contributed by atoms with E-state index in [2.05, 4.69) is 47.4 Å². The van der Waals surface area contributed by atoms with Gasteiger partial charge in [0.15, 0.2) is 0 Å². The molecule has 0 spiro atoms. The minimum Gasteiger partial charge on any atom is -0.0601 e. The molecule has 0 aromatic rings. The Bertz CT molecular complexity index is 353. The van der Waals surface area contributed by atoms with Crippen molar-refractivity contribution in [3.8, 4) is 47.4 Å². The van der Waals surface area contributed by atoms with Crippen LogP contribution in [-0.2, 0) is 0 Å². The van der Waals surface area contributed by atoms with Gasteiger partial charge in [0.1, 0.15) is 0 Å². The first-order chi connectivity index (χ1) is 6.00. The van der Waals surface area contributed by atoms with E-state index in [-0.39, 0.29) is 0 Å². The SMILES string of the molecule is C1#C/C=C\C#CC#C/C=C\C#C1. The lowest BCUT2D eigenvalue weighted by molar-refractivity contribution is 2.09. The van der Waals surface area contributed by atoms with E-state index in [0.29, 0.717) is 0 Å².